The van der Waals surface area contributed by atoms with Gasteiger partial charge >= 0.3 is 0 Å². The number of imidazole rings is 1. The molecule has 7 nitrogen and oxygen atoms in total. The normalized spacial score (nSPS) is 11.6. The van der Waals surface area contributed by atoms with Gasteiger partial charge in [-0.05, 0) is 30.7 Å². The Labute approximate surface area is 170 Å². The first-order valence-electron chi connectivity index (χ1n) is 9.12. The molecule has 0 atom stereocenters. The van der Waals surface area contributed by atoms with E-state index in [1.807, 2.05) is 41.8 Å². The minimum atomic E-state index is -0.0774. The summed E-state index contributed by atoms with van der Waals surface area (Å²) in [5, 5.41) is 1.52. The first-order chi connectivity index (χ1) is 14.0. The minimum absolute atomic E-state index is 0.0774. The molecule has 4 aromatic heterocycles. The summed E-state index contributed by atoms with van der Waals surface area (Å²) in [4.78, 5) is 29.3. The van der Waals surface area contributed by atoms with E-state index in [4.69, 9.17) is 16.6 Å². The van der Waals surface area contributed by atoms with Gasteiger partial charge in [-0.25, -0.2) is 15.0 Å². The molecule has 5 rings (SSSR count). The Morgan fingerprint density at radius 2 is 1.93 bits per heavy atom. The van der Waals surface area contributed by atoms with Gasteiger partial charge in [0.1, 0.15) is 11.3 Å². The summed E-state index contributed by atoms with van der Waals surface area (Å²) in [6, 6.07) is 9.60. The van der Waals surface area contributed by atoms with Gasteiger partial charge in [-0.2, -0.15) is 0 Å². The number of fused-ring (bicyclic) bond motifs is 2. The van der Waals surface area contributed by atoms with Crippen molar-refractivity contribution in [3.63, 3.8) is 0 Å². The number of benzene rings is 1. The van der Waals surface area contributed by atoms with Crippen LogP contribution in [0.5, 0.6) is 0 Å². The molecule has 0 aliphatic rings. The van der Waals surface area contributed by atoms with Crippen molar-refractivity contribution in [3.8, 4) is 11.3 Å². The van der Waals surface area contributed by atoms with E-state index >= 15 is 0 Å². The Bertz CT molecular complexity index is 1430. The van der Waals surface area contributed by atoms with Crippen LogP contribution in [0.25, 0.3) is 33.5 Å². The second-order valence-electron chi connectivity index (χ2n) is 7.00. The average molecular weight is 405 g/mol. The number of nitrogens with one attached hydrogen (secondary N) is 1. The Morgan fingerprint density at radius 3 is 2.72 bits per heavy atom. The van der Waals surface area contributed by atoms with Crippen molar-refractivity contribution in [1.82, 2.24) is 29.1 Å². The molecule has 0 spiro atoms. The van der Waals surface area contributed by atoms with E-state index in [9.17, 15) is 4.79 Å². The predicted octanol–water partition coefficient (Wildman–Crippen LogP) is 3.68. The van der Waals surface area contributed by atoms with Gasteiger partial charge < -0.3 is 14.1 Å². The average Bonchev–Trinajstić information content (AvgIpc) is 3.31. The van der Waals surface area contributed by atoms with Gasteiger partial charge in [0.2, 0.25) is 0 Å². The predicted molar refractivity (Wildman–Crippen MR) is 113 cm³/mol. The van der Waals surface area contributed by atoms with E-state index in [2.05, 4.69) is 15.0 Å². The van der Waals surface area contributed by atoms with E-state index < -0.39 is 0 Å². The second-order valence-corrected chi connectivity index (χ2v) is 7.44. The first kappa shape index (κ1) is 17.6. The highest BCUT2D eigenvalue weighted by Crippen LogP contribution is 2.26. The summed E-state index contributed by atoms with van der Waals surface area (Å²) < 4.78 is 3.58. The number of aromatic nitrogens is 6. The van der Waals surface area contributed by atoms with Crippen LogP contribution < -0.4 is 5.56 Å². The second kappa shape index (κ2) is 6.56. The summed E-state index contributed by atoms with van der Waals surface area (Å²) >= 11 is 6.00. The number of H-pyrrole nitrogens is 1. The molecule has 4 heterocycles. The monoisotopic (exact) mass is 404 g/mol. The third-order valence-corrected chi connectivity index (χ3v) is 5.33. The molecule has 0 saturated heterocycles. The van der Waals surface area contributed by atoms with Crippen LogP contribution >= 0.6 is 11.6 Å². The van der Waals surface area contributed by atoms with E-state index in [-0.39, 0.29) is 5.56 Å². The van der Waals surface area contributed by atoms with Crippen molar-refractivity contribution in [2.24, 2.45) is 7.05 Å². The number of hydrogen-bond donors (Lipinski definition) is 1. The molecule has 1 N–H and O–H groups in total. The Hall–Kier alpha value is -3.45. The molecular formula is C21H17ClN6O. The van der Waals surface area contributed by atoms with Gasteiger partial charge in [0.15, 0.2) is 11.3 Å². The van der Waals surface area contributed by atoms with Gasteiger partial charge in [0.25, 0.3) is 5.56 Å². The molecule has 144 valence electrons. The summed E-state index contributed by atoms with van der Waals surface area (Å²) in [6.07, 6.45) is 5.26. The zero-order valence-corrected chi connectivity index (χ0v) is 16.6. The standard InChI is InChI=1S/C21H17ClN6O/c1-12-25-19-20(28(12)10-13-3-5-14(22)6-4-13)26-17(9-24-19)16-11-27(2)21(29)18-15(16)7-8-23-18/h3-9,11,23H,10H2,1-2H3. The van der Waals surface area contributed by atoms with E-state index in [0.717, 1.165) is 22.3 Å². The van der Waals surface area contributed by atoms with Gasteiger partial charge in [0, 0.05) is 35.4 Å². The van der Waals surface area contributed by atoms with Gasteiger partial charge in [0.05, 0.1) is 18.4 Å². The highest BCUT2D eigenvalue weighted by Gasteiger charge is 2.15. The molecule has 29 heavy (non-hydrogen) atoms. The lowest BCUT2D eigenvalue weighted by molar-refractivity contribution is 0.777. The molecule has 0 aliphatic carbocycles. The molecule has 0 fully saturated rings. The lowest BCUT2D eigenvalue weighted by atomic mass is 10.1. The first-order valence-corrected chi connectivity index (χ1v) is 9.50. The quantitative estimate of drug-likeness (QED) is 0.497. The van der Waals surface area contributed by atoms with Crippen LogP contribution in [-0.4, -0.2) is 29.1 Å². The van der Waals surface area contributed by atoms with Crippen LogP contribution in [0.4, 0.5) is 0 Å². The Balaban J connectivity index is 1.68. The maximum absolute atomic E-state index is 12.3. The van der Waals surface area contributed by atoms with Gasteiger partial charge in [-0.3, -0.25) is 4.79 Å². The SMILES string of the molecule is Cc1nc2ncc(-c3cn(C)c(=O)c4[nH]ccc34)nc2n1Cc1ccc(Cl)cc1. The number of aryl methyl sites for hydroxylation is 2. The molecule has 0 radical (unpaired) electrons. The number of halogens is 1. The lowest BCUT2D eigenvalue weighted by Gasteiger charge is -2.09. The number of pyridine rings is 1. The fraction of sp³-hybridized carbons (Fsp3) is 0.143. The molecular weight excluding hydrogens is 388 g/mol. The fourth-order valence-corrected chi connectivity index (χ4v) is 3.69. The number of nitrogens with zero attached hydrogens (tertiary/aromatic N) is 5. The zero-order chi connectivity index (χ0) is 20.1. The molecule has 5 aromatic rings. The van der Waals surface area contributed by atoms with Crippen molar-refractivity contribution in [2.45, 2.75) is 13.5 Å². The molecule has 0 saturated carbocycles. The highest BCUT2D eigenvalue weighted by molar-refractivity contribution is 6.30. The molecule has 0 unspecified atom stereocenters. The summed E-state index contributed by atoms with van der Waals surface area (Å²) in [5.74, 6) is 0.833. The smallest absolute Gasteiger partial charge is 0.274 e. The largest absolute Gasteiger partial charge is 0.357 e. The van der Waals surface area contributed by atoms with E-state index in [1.54, 1.807) is 30.2 Å². The van der Waals surface area contributed by atoms with Crippen molar-refractivity contribution in [2.75, 3.05) is 0 Å². The van der Waals surface area contributed by atoms with Crippen molar-refractivity contribution in [3.05, 3.63) is 75.7 Å². The lowest BCUT2D eigenvalue weighted by Crippen LogP contribution is -2.16. The van der Waals surface area contributed by atoms with Crippen LogP contribution in [0.15, 0.2) is 53.7 Å². The Morgan fingerprint density at radius 1 is 1.14 bits per heavy atom. The molecule has 0 amide bonds. The molecule has 8 heteroatoms. The van der Waals surface area contributed by atoms with Gasteiger partial charge in [-0.15, -0.1) is 0 Å². The van der Waals surface area contributed by atoms with E-state index in [0.29, 0.717) is 34.1 Å². The highest BCUT2D eigenvalue weighted by atomic mass is 35.5. The molecule has 0 bridgehead atoms. The molecule has 1 aromatic carbocycles. The number of aromatic amines is 1. The van der Waals surface area contributed by atoms with Crippen LogP contribution in [0.1, 0.15) is 11.4 Å². The fourth-order valence-electron chi connectivity index (χ4n) is 3.56. The summed E-state index contributed by atoms with van der Waals surface area (Å²) in [7, 11) is 1.73. The van der Waals surface area contributed by atoms with Crippen LogP contribution in [0, 0.1) is 6.92 Å². The maximum Gasteiger partial charge on any atom is 0.274 e. The Kier molecular flexibility index (Phi) is 3.99. The summed E-state index contributed by atoms with van der Waals surface area (Å²) in [5.41, 5.74) is 4.40. The van der Waals surface area contributed by atoms with Crippen molar-refractivity contribution in [1.29, 1.82) is 0 Å². The maximum atomic E-state index is 12.3. The van der Waals surface area contributed by atoms with Crippen LogP contribution in [0.3, 0.4) is 0 Å². The van der Waals surface area contributed by atoms with Crippen LogP contribution in [0.2, 0.25) is 5.02 Å². The minimum Gasteiger partial charge on any atom is -0.357 e. The number of rotatable bonds is 3. The number of hydrogen-bond acceptors (Lipinski definition) is 4. The van der Waals surface area contributed by atoms with E-state index in [1.165, 1.54) is 0 Å². The zero-order valence-electron chi connectivity index (χ0n) is 15.8. The van der Waals surface area contributed by atoms with Gasteiger partial charge in [-0.1, -0.05) is 23.7 Å². The third kappa shape index (κ3) is 2.91. The van der Waals surface area contributed by atoms with Crippen molar-refractivity contribution < 1.29 is 0 Å². The summed E-state index contributed by atoms with van der Waals surface area (Å²) in [6.45, 7) is 2.56. The third-order valence-electron chi connectivity index (χ3n) is 5.07. The topological polar surface area (TPSA) is 81.4 Å². The van der Waals surface area contributed by atoms with Crippen LogP contribution in [-0.2, 0) is 13.6 Å². The van der Waals surface area contributed by atoms with Crippen molar-refractivity contribution >= 4 is 33.8 Å². The molecule has 0 aliphatic heterocycles.